The first-order chi connectivity index (χ1) is 29.0. The van der Waals surface area contributed by atoms with E-state index in [9.17, 15) is 19.0 Å². The maximum atomic E-state index is 12.7. The molecule has 0 spiro atoms. The van der Waals surface area contributed by atoms with Gasteiger partial charge in [-0.2, -0.15) is 0 Å². The number of unbranched alkanes of at least 4 members (excludes halogenated alkanes) is 19. The molecule has 0 aromatic carbocycles. The molecule has 0 saturated heterocycles. The van der Waals surface area contributed by atoms with Gasteiger partial charge in [-0.1, -0.05) is 164 Å². The van der Waals surface area contributed by atoms with Gasteiger partial charge >= 0.3 is 11.9 Å². The van der Waals surface area contributed by atoms with Crippen molar-refractivity contribution in [3.63, 3.8) is 0 Å². The molecule has 0 aliphatic carbocycles. The van der Waals surface area contributed by atoms with Crippen LogP contribution in [0.3, 0.4) is 0 Å². The topological polar surface area (TPSA) is 111 Å². The Balaban J connectivity index is 4.39. The Morgan fingerprint density at radius 3 is 1.42 bits per heavy atom. The van der Waals surface area contributed by atoms with Crippen LogP contribution in [0.2, 0.25) is 0 Å². The van der Waals surface area contributed by atoms with Gasteiger partial charge in [0.2, 0.25) is 0 Å². The smallest absolute Gasteiger partial charge is 0.306 e. The second-order valence-electron chi connectivity index (χ2n) is 17.1. The predicted molar refractivity (Wildman–Crippen MR) is 250 cm³/mol. The summed E-state index contributed by atoms with van der Waals surface area (Å²) in [4.78, 5) is 37.6. The standard InChI is InChI=1S/C50H90NO8P/c1-6-8-10-12-14-16-18-20-22-24-25-27-29-31-33-35-37-39-41-43-50(53)59-48(47-58-60(54,55)57-45-44-51(3,4)5)46-56-49(52)42-40-38-36-34-32-30-28-26-23-21-19-17-15-13-11-9-7-2/h14,16,20-23,28,30,34,36,48H,6-13,15,17-19,24-27,29,31-33,35,37-47H2,1-5H3/b16-14-,22-20-,23-21-,30-28-,36-34-/t48-/m1/s1. The zero-order valence-electron chi connectivity index (χ0n) is 39.1. The van der Waals surface area contributed by atoms with Crippen LogP contribution in [0.4, 0.5) is 0 Å². The Morgan fingerprint density at radius 1 is 0.517 bits per heavy atom. The molecule has 0 saturated carbocycles. The molecular weight excluding hydrogens is 774 g/mol. The second-order valence-corrected chi connectivity index (χ2v) is 18.5. The molecule has 0 rings (SSSR count). The number of nitrogens with zero attached hydrogens (tertiary/aromatic N) is 1. The van der Waals surface area contributed by atoms with E-state index in [4.69, 9.17) is 18.5 Å². The van der Waals surface area contributed by atoms with Crippen molar-refractivity contribution in [1.29, 1.82) is 0 Å². The van der Waals surface area contributed by atoms with Crippen molar-refractivity contribution < 1.29 is 42.1 Å². The van der Waals surface area contributed by atoms with Gasteiger partial charge in [-0.3, -0.25) is 14.2 Å². The van der Waals surface area contributed by atoms with Gasteiger partial charge in [-0.25, -0.2) is 0 Å². The van der Waals surface area contributed by atoms with E-state index in [2.05, 4.69) is 74.6 Å². The normalized spacial score (nSPS) is 14.0. The highest BCUT2D eigenvalue weighted by Gasteiger charge is 2.21. The monoisotopic (exact) mass is 864 g/mol. The first kappa shape index (κ1) is 57.7. The maximum absolute atomic E-state index is 12.7. The molecule has 1 unspecified atom stereocenters. The molecule has 0 radical (unpaired) electrons. The highest BCUT2D eigenvalue weighted by Crippen LogP contribution is 2.38. The number of phosphoric acid groups is 1. The van der Waals surface area contributed by atoms with E-state index >= 15 is 0 Å². The minimum atomic E-state index is -4.64. The number of allylic oxidation sites excluding steroid dienone is 10. The average Bonchev–Trinajstić information content (AvgIpc) is 3.20. The number of carbonyl (C=O) groups excluding carboxylic acids is 2. The van der Waals surface area contributed by atoms with E-state index in [1.54, 1.807) is 0 Å². The number of quaternary nitrogens is 1. The first-order valence-corrected chi connectivity index (χ1v) is 25.5. The zero-order chi connectivity index (χ0) is 44.3. The van der Waals surface area contributed by atoms with Crippen molar-refractivity contribution in [2.45, 2.75) is 200 Å². The van der Waals surface area contributed by atoms with Crippen LogP contribution in [0.5, 0.6) is 0 Å². The number of rotatable bonds is 43. The van der Waals surface area contributed by atoms with Crippen LogP contribution in [0.1, 0.15) is 194 Å². The quantitative estimate of drug-likeness (QED) is 0.0196. The van der Waals surface area contributed by atoms with Gasteiger partial charge in [0.15, 0.2) is 6.10 Å². The summed E-state index contributed by atoms with van der Waals surface area (Å²) in [7, 11) is 1.13. The summed E-state index contributed by atoms with van der Waals surface area (Å²) in [6, 6.07) is 0. The number of phosphoric ester groups is 1. The van der Waals surface area contributed by atoms with Gasteiger partial charge in [0.1, 0.15) is 19.8 Å². The van der Waals surface area contributed by atoms with E-state index in [0.29, 0.717) is 23.9 Å². The Kier molecular flexibility index (Phi) is 40.4. The molecule has 0 aromatic heterocycles. The molecule has 0 aliphatic heterocycles. The van der Waals surface area contributed by atoms with Crippen molar-refractivity contribution in [1.82, 2.24) is 0 Å². The van der Waals surface area contributed by atoms with Crippen LogP contribution in [0.25, 0.3) is 0 Å². The van der Waals surface area contributed by atoms with E-state index in [1.807, 2.05) is 21.1 Å². The summed E-state index contributed by atoms with van der Waals surface area (Å²) in [6.07, 6.45) is 51.1. The van der Waals surface area contributed by atoms with Gasteiger partial charge < -0.3 is 27.9 Å². The molecular formula is C50H90NO8P. The molecule has 348 valence electrons. The van der Waals surface area contributed by atoms with Crippen LogP contribution in [-0.2, 0) is 32.7 Å². The zero-order valence-corrected chi connectivity index (χ0v) is 40.0. The van der Waals surface area contributed by atoms with Crippen molar-refractivity contribution in [2.75, 3.05) is 47.5 Å². The van der Waals surface area contributed by atoms with Crippen LogP contribution < -0.4 is 4.89 Å². The molecule has 60 heavy (non-hydrogen) atoms. The van der Waals surface area contributed by atoms with Crippen LogP contribution in [0.15, 0.2) is 60.8 Å². The number of likely N-dealkylation sites (N-methyl/N-ethyl adjacent to an activating group) is 1. The lowest BCUT2D eigenvalue weighted by Gasteiger charge is -2.28. The van der Waals surface area contributed by atoms with Gasteiger partial charge in [-0.05, 0) is 77.0 Å². The third kappa shape index (κ3) is 45.2. The van der Waals surface area contributed by atoms with Crippen molar-refractivity contribution in [2.24, 2.45) is 0 Å². The van der Waals surface area contributed by atoms with Gasteiger partial charge in [0.25, 0.3) is 7.82 Å². The number of hydrogen-bond acceptors (Lipinski definition) is 8. The van der Waals surface area contributed by atoms with E-state index < -0.39 is 32.5 Å². The highest BCUT2D eigenvalue weighted by molar-refractivity contribution is 7.45. The Morgan fingerprint density at radius 2 is 0.917 bits per heavy atom. The third-order valence-electron chi connectivity index (χ3n) is 10.0. The fourth-order valence-corrected chi connectivity index (χ4v) is 6.96. The van der Waals surface area contributed by atoms with Gasteiger partial charge in [-0.15, -0.1) is 0 Å². The molecule has 0 amide bonds. The molecule has 0 aromatic rings. The number of carbonyl (C=O) groups is 2. The molecule has 0 fully saturated rings. The van der Waals surface area contributed by atoms with Crippen molar-refractivity contribution in [3.05, 3.63) is 60.8 Å². The fraction of sp³-hybridized carbons (Fsp3) is 0.760. The minimum Gasteiger partial charge on any atom is -0.756 e. The number of hydrogen-bond donors (Lipinski definition) is 0. The molecule has 0 heterocycles. The Bertz CT molecular complexity index is 1210. The summed E-state index contributed by atoms with van der Waals surface area (Å²) >= 11 is 0. The minimum absolute atomic E-state index is 0.0413. The second kappa shape index (κ2) is 42.0. The summed E-state index contributed by atoms with van der Waals surface area (Å²) in [6.45, 7) is 4.14. The van der Waals surface area contributed by atoms with E-state index in [1.165, 1.54) is 96.3 Å². The largest absolute Gasteiger partial charge is 0.756 e. The lowest BCUT2D eigenvalue weighted by atomic mass is 10.1. The third-order valence-corrected chi connectivity index (χ3v) is 11.0. The molecule has 9 nitrogen and oxygen atoms in total. The number of ether oxygens (including phenoxy) is 2. The first-order valence-electron chi connectivity index (χ1n) is 24.0. The molecule has 0 N–H and O–H groups in total. The lowest BCUT2D eigenvalue weighted by molar-refractivity contribution is -0.870. The average molecular weight is 864 g/mol. The summed E-state index contributed by atoms with van der Waals surface area (Å²) in [5, 5.41) is 0. The van der Waals surface area contributed by atoms with Gasteiger partial charge in [0, 0.05) is 12.8 Å². The molecule has 0 aliphatic rings. The fourth-order valence-electron chi connectivity index (χ4n) is 6.23. The lowest BCUT2D eigenvalue weighted by Crippen LogP contribution is -2.37. The van der Waals surface area contributed by atoms with Crippen molar-refractivity contribution >= 4 is 19.8 Å². The summed E-state index contributed by atoms with van der Waals surface area (Å²) in [5.41, 5.74) is 0. The molecule has 2 atom stereocenters. The number of esters is 2. The maximum Gasteiger partial charge on any atom is 0.306 e. The SMILES string of the molecule is CCCCC/C=C\C/C=C\CCCCCCCCCCCC(=O)O[C@H](COC(=O)CCC/C=C\C/C=C\C/C=C\CCCCCCCC)COP(=O)([O-])OCC[N+](C)(C)C. The molecule has 10 heteroatoms. The van der Waals surface area contributed by atoms with E-state index in [0.717, 1.165) is 57.8 Å². The highest BCUT2D eigenvalue weighted by atomic mass is 31.2. The predicted octanol–water partition coefficient (Wildman–Crippen LogP) is 13.4. The van der Waals surface area contributed by atoms with Crippen LogP contribution in [0, 0.1) is 0 Å². The molecule has 0 bridgehead atoms. The van der Waals surface area contributed by atoms with Crippen molar-refractivity contribution in [3.8, 4) is 0 Å². The summed E-state index contributed by atoms with van der Waals surface area (Å²) < 4.78 is 33.9. The van der Waals surface area contributed by atoms with Gasteiger partial charge in [0.05, 0.1) is 27.7 Å². The Hall–Kier alpha value is -2.29. The van der Waals surface area contributed by atoms with Crippen LogP contribution >= 0.6 is 7.82 Å². The Labute approximate surface area is 368 Å². The van der Waals surface area contributed by atoms with E-state index in [-0.39, 0.29) is 26.1 Å². The summed E-state index contributed by atoms with van der Waals surface area (Å²) in [5.74, 6) is -0.901. The van der Waals surface area contributed by atoms with Crippen LogP contribution in [-0.4, -0.2) is 70.0 Å².